The highest BCUT2D eigenvalue weighted by Gasteiger charge is 2.16. The molecule has 1 aromatic rings. The van der Waals surface area contributed by atoms with Crippen LogP contribution in [0.15, 0.2) is 23.0 Å². The summed E-state index contributed by atoms with van der Waals surface area (Å²) in [6, 6.07) is 1.98. The molecule has 0 aliphatic heterocycles. The highest BCUT2D eigenvalue weighted by Crippen LogP contribution is 2.18. The quantitative estimate of drug-likeness (QED) is 0.752. The normalized spacial score (nSPS) is 11.9. The van der Waals surface area contributed by atoms with Crippen LogP contribution in [0.4, 0.5) is 0 Å². The van der Waals surface area contributed by atoms with Crippen molar-refractivity contribution in [1.82, 2.24) is 5.32 Å². The largest absolute Gasteiger partial charge is 0.472 e. The van der Waals surface area contributed by atoms with Crippen molar-refractivity contribution in [1.29, 1.82) is 0 Å². The maximum absolute atomic E-state index is 5.09. The molecule has 0 aliphatic carbocycles. The molecule has 0 saturated carbocycles. The number of methoxy groups -OCH3 is 1. The van der Waals surface area contributed by atoms with E-state index in [9.17, 15) is 0 Å². The molecule has 0 atom stereocenters. The molecule has 0 bridgehead atoms. The summed E-state index contributed by atoms with van der Waals surface area (Å²) in [5, 5.41) is 3.42. The van der Waals surface area contributed by atoms with Crippen LogP contribution in [0.5, 0.6) is 0 Å². The van der Waals surface area contributed by atoms with Gasteiger partial charge in [-0.15, -0.1) is 0 Å². The highest BCUT2D eigenvalue weighted by molar-refractivity contribution is 5.04. The first-order valence-corrected chi connectivity index (χ1v) is 5.35. The number of ether oxygens (including phenoxy) is 1. The van der Waals surface area contributed by atoms with Crippen molar-refractivity contribution in [3.05, 3.63) is 24.2 Å². The Bertz CT molecular complexity index is 255. The molecule has 1 aromatic heterocycles. The molecular weight excluding hydrogens is 190 g/mol. The zero-order chi connectivity index (χ0) is 11.1. The van der Waals surface area contributed by atoms with Crippen molar-refractivity contribution in [3.8, 4) is 0 Å². The second kappa shape index (κ2) is 5.93. The first-order chi connectivity index (χ1) is 7.14. The molecule has 3 heteroatoms. The van der Waals surface area contributed by atoms with Crippen molar-refractivity contribution >= 4 is 0 Å². The van der Waals surface area contributed by atoms with E-state index in [0.29, 0.717) is 0 Å². The maximum Gasteiger partial charge on any atom is 0.0947 e. The van der Waals surface area contributed by atoms with E-state index in [1.807, 2.05) is 6.07 Å². The molecule has 1 heterocycles. The van der Waals surface area contributed by atoms with Gasteiger partial charge in [-0.25, -0.2) is 0 Å². The fraction of sp³-hybridized carbons (Fsp3) is 0.667. The van der Waals surface area contributed by atoms with Gasteiger partial charge >= 0.3 is 0 Å². The lowest BCUT2D eigenvalue weighted by Crippen LogP contribution is -2.30. The predicted octanol–water partition coefficient (Wildman–Crippen LogP) is 2.43. The number of hydrogen-bond donors (Lipinski definition) is 1. The zero-order valence-corrected chi connectivity index (χ0v) is 9.88. The fourth-order valence-electron chi connectivity index (χ4n) is 1.41. The van der Waals surface area contributed by atoms with Crippen LogP contribution in [0.3, 0.4) is 0 Å². The smallest absolute Gasteiger partial charge is 0.0947 e. The highest BCUT2D eigenvalue weighted by atomic mass is 16.5. The standard InChI is InChI=1S/C12H21NO2/c1-12(2,5-7-14-3)10-13-8-11-4-6-15-9-11/h4,6,9,13H,5,7-8,10H2,1-3H3. The molecule has 0 unspecified atom stereocenters. The van der Waals surface area contributed by atoms with Crippen molar-refractivity contribution in [3.63, 3.8) is 0 Å². The number of nitrogens with one attached hydrogen (secondary N) is 1. The van der Waals surface area contributed by atoms with Crippen LogP contribution < -0.4 is 5.32 Å². The van der Waals surface area contributed by atoms with E-state index >= 15 is 0 Å². The summed E-state index contributed by atoms with van der Waals surface area (Å²) >= 11 is 0. The minimum Gasteiger partial charge on any atom is -0.472 e. The number of hydrogen-bond acceptors (Lipinski definition) is 3. The molecule has 0 amide bonds. The Morgan fingerprint density at radius 3 is 2.87 bits per heavy atom. The topological polar surface area (TPSA) is 34.4 Å². The van der Waals surface area contributed by atoms with Gasteiger partial charge in [0.15, 0.2) is 0 Å². The molecule has 0 aliphatic rings. The van der Waals surface area contributed by atoms with E-state index in [1.54, 1.807) is 19.6 Å². The molecule has 3 nitrogen and oxygen atoms in total. The van der Waals surface area contributed by atoms with Crippen LogP contribution in [0, 0.1) is 5.41 Å². The number of rotatable bonds is 7. The summed E-state index contributed by atoms with van der Waals surface area (Å²) in [6.45, 7) is 7.16. The predicted molar refractivity (Wildman–Crippen MR) is 60.7 cm³/mol. The van der Waals surface area contributed by atoms with Gasteiger partial charge in [0.25, 0.3) is 0 Å². The second-order valence-electron chi connectivity index (χ2n) is 4.64. The monoisotopic (exact) mass is 211 g/mol. The third-order valence-electron chi connectivity index (χ3n) is 2.50. The summed E-state index contributed by atoms with van der Waals surface area (Å²) < 4.78 is 10.1. The Hall–Kier alpha value is -0.800. The summed E-state index contributed by atoms with van der Waals surface area (Å²) in [4.78, 5) is 0. The molecule has 0 saturated heterocycles. The molecule has 86 valence electrons. The Morgan fingerprint density at radius 1 is 1.47 bits per heavy atom. The van der Waals surface area contributed by atoms with Crippen LogP contribution in [0.1, 0.15) is 25.8 Å². The van der Waals surface area contributed by atoms with Crippen molar-refractivity contribution < 1.29 is 9.15 Å². The first-order valence-electron chi connectivity index (χ1n) is 5.35. The van der Waals surface area contributed by atoms with Gasteiger partial charge in [0.1, 0.15) is 0 Å². The first kappa shape index (κ1) is 12.3. The van der Waals surface area contributed by atoms with Gasteiger partial charge in [0, 0.05) is 32.4 Å². The van der Waals surface area contributed by atoms with Gasteiger partial charge in [0.2, 0.25) is 0 Å². The molecule has 1 N–H and O–H groups in total. The molecular formula is C12H21NO2. The average molecular weight is 211 g/mol. The Kier molecular flexibility index (Phi) is 4.85. The molecule has 0 aromatic carbocycles. The van der Waals surface area contributed by atoms with E-state index in [1.165, 1.54) is 5.56 Å². The lowest BCUT2D eigenvalue weighted by Gasteiger charge is -2.24. The van der Waals surface area contributed by atoms with E-state index in [-0.39, 0.29) is 5.41 Å². The van der Waals surface area contributed by atoms with Crippen molar-refractivity contribution in [2.75, 3.05) is 20.3 Å². The van der Waals surface area contributed by atoms with Gasteiger partial charge in [-0.05, 0) is 17.9 Å². The molecule has 1 rings (SSSR count). The van der Waals surface area contributed by atoms with Gasteiger partial charge < -0.3 is 14.5 Å². The second-order valence-corrected chi connectivity index (χ2v) is 4.64. The fourth-order valence-corrected chi connectivity index (χ4v) is 1.41. The van der Waals surface area contributed by atoms with E-state index < -0.39 is 0 Å². The lowest BCUT2D eigenvalue weighted by molar-refractivity contribution is 0.150. The van der Waals surface area contributed by atoms with Gasteiger partial charge in [0.05, 0.1) is 12.5 Å². The third-order valence-corrected chi connectivity index (χ3v) is 2.50. The van der Waals surface area contributed by atoms with Gasteiger partial charge in [-0.3, -0.25) is 0 Å². The summed E-state index contributed by atoms with van der Waals surface area (Å²) in [7, 11) is 1.75. The molecule has 0 fully saturated rings. The molecule has 15 heavy (non-hydrogen) atoms. The van der Waals surface area contributed by atoms with Crippen molar-refractivity contribution in [2.45, 2.75) is 26.8 Å². The van der Waals surface area contributed by atoms with Gasteiger partial charge in [-0.1, -0.05) is 13.8 Å². The van der Waals surface area contributed by atoms with Crippen LogP contribution in [0.25, 0.3) is 0 Å². The van der Waals surface area contributed by atoms with Crippen LogP contribution in [-0.2, 0) is 11.3 Å². The minimum atomic E-state index is 0.278. The minimum absolute atomic E-state index is 0.278. The van der Waals surface area contributed by atoms with Crippen LogP contribution in [-0.4, -0.2) is 20.3 Å². The molecule has 0 spiro atoms. The zero-order valence-electron chi connectivity index (χ0n) is 9.88. The average Bonchev–Trinajstić information content (AvgIpc) is 2.67. The van der Waals surface area contributed by atoms with Crippen LogP contribution >= 0.6 is 0 Å². The van der Waals surface area contributed by atoms with E-state index in [4.69, 9.17) is 9.15 Å². The van der Waals surface area contributed by atoms with Crippen LogP contribution in [0.2, 0.25) is 0 Å². The third kappa shape index (κ3) is 5.00. The Labute approximate surface area is 91.8 Å². The molecule has 0 radical (unpaired) electrons. The van der Waals surface area contributed by atoms with E-state index in [2.05, 4.69) is 19.2 Å². The van der Waals surface area contributed by atoms with E-state index in [0.717, 1.165) is 26.1 Å². The van der Waals surface area contributed by atoms with Gasteiger partial charge in [-0.2, -0.15) is 0 Å². The summed E-state index contributed by atoms with van der Waals surface area (Å²) in [6.07, 6.45) is 4.55. The maximum atomic E-state index is 5.09. The summed E-state index contributed by atoms with van der Waals surface area (Å²) in [5.74, 6) is 0. The summed E-state index contributed by atoms with van der Waals surface area (Å²) in [5.41, 5.74) is 1.47. The Morgan fingerprint density at radius 2 is 2.27 bits per heavy atom. The number of furan rings is 1. The SMILES string of the molecule is COCCC(C)(C)CNCc1ccoc1. The lowest BCUT2D eigenvalue weighted by atomic mass is 9.90. The Balaban J connectivity index is 2.18. The van der Waals surface area contributed by atoms with Crippen molar-refractivity contribution in [2.24, 2.45) is 5.41 Å².